The summed E-state index contributed by atoms with van der Waals surface area (Å²) in [5.41, 5.74) is 4.95. The highest BCUT2D eigenvalue weighted by Crippen LogP contribution is 2.42. The molecule has 4 aromatic carbocycles. The Labute approximate surface area is 206 Å². The topological polar surface area (TPSA) is 78.8 Å². The van der Waals surface area contributed by atoms with Gasteiger partial charge in [-0.3, -0.25) is 9.10 Å². The van der Waals surface area contributed by atoms with Crippen LogP contribution in [0.5, 0.6) is 0 Å². The molecule has 0 aromatic heterocycles. The van der Waals surface area contributed by atoms with E-state index in [9.17, 15) is 13.2 Å². The molecule has 1 aliphatic heterocycles. The van der Waals surface area contributed by atoms with Crippen LogP contribution in [-0.4, -0.2) is 20.5 Å². The zero-order valence-corrected chi connectivity index (χ0v) is 19.9. The van der Waals surface area contributed by atoms with Crippen molar-refractivity contribution in [2.24, 2.45) is 5.10 Å². The summed E-state index contributed by atoms with van der Waals surface area (Å²) in [7, 11) is -3.65. The third-order valence-electron chi connectivity index (χ3n) is 5.55. The van der Waals surface area contributed by atoms with E-state index < -0.39 is 15.9 Å². The predicted molar refractivity (Wildman–Crippen MR) is 135 cm³/mol. The van der Waals surface area contributed by atoms with Crippen LogP contribution in [0, 0.1) is 0 Å². The summed E-state index contributed by atoms with van der Waals surface area (Å²) in [4.78, 5) is 12.7. The quantitative estimate of drug-likeness (QED) is 0.280. The molecular weight excluding hydrogens is 493 g/mol. The molecule has 0 saturated heterocycles. The van der Waals surface area contributed by atoms with Gasteiger partial charge >= 0.3 is 0 Å². The molecule has 1 heterocycles. The molecule has 0 fully saturated rings. The number of hydrogen-bond donors (Lipinski definition) is 1. The predicted octanol–water partition coefficient (Wildman–Crippen LogP) is 5.62. The first-order chi connectivity index (χ1) is 16.3. The Balaban J connectivity index is 1.30. The van der Waals surface area contributed by atoms with Crippen molar-refractivity contribution in [1.82, 2.24) is 5.43 Å². The number of hydrogen-bond acceptors (Lipinski definition) is 4. The number of anilines is 1. The Bertz CT molecular complexity index is 1560. The van der Waals surface area contributed by atoms with Crippen molar-refractivity contribution in [3.8, 4) is 0 Å². The zero-order valence-electron chi connectivity index (χ0n) is 17.6. The van der Waals surface area contributed by atoms with Crippen molar-refractivity contribution in [3.05, 3.63) is 106 Å². The lowest BCUT2D eigenvalue weighted by Crippen LogP contribution is -2.26. The monoisotopic (exact) mass is 509 g/mol. The van der Waals surface area contributed by atoms with Gasteiger partial charge in [0.2, 0.25) is 0 Å². The van der Waals surface area contributed by atoms with E-state index in [-0.39, 0.29) is 6.54 Å². The third-order valence-corrected chi connectivity index (χ3v) is 8.09. The highest BCUT2D eigenvalue weighted by molar-refractivity contribution is 7.93. The van der Waals surface area contributed by atoms with Crippen LogP contribution in [0.1, 0.15) is 21.5 Å². The van der Waals surface area contributed by atoms with E-state index in [1.807, 2.05) is 24.3 Å². The Hall–Kier alpha value is -3.39. The number of amides is 1. The van der Waals surface area contributed by atoms with Crippen molar-refractivity contribution >= 4 is 61.8 Å². The molecule has 9 heteroatoms. The largest absolute Gasteiger partial charge is 0.271 e. The fraction of sp³-hybridized carbons (Fsp3) is 0.0400. The van der Waals surface area contributed by atoms with Crippen molar-refractivity contribution in [3.63, 3.8) is 0 Å². The van der Waals surface area contributed by atoms with Gasteiger partial charge in [0.15, 0.2) is 0 Å². The molecular formula is C25H17Cl2N3O3S. The van der Waals surface area contributed by atoms with E-state index in [2.05, 4.69) is 10.5 Å². The fourth-order valence-electron chi connectivity index (χ4n) is 3.88. The second-order valence-electron chi connectivity index (χ2n) is 7.71. The highest BCUT2D eigenvalue weighted by Gasteiger charge is 2.35. The van der Waals surface area contributed by atoms with E-state index >= 15 is 0 Å². The van der Waals surface area contributed by atoms with Crippen molar-refractivity contribution in [2.45, 2.75) is 11.4 Å². The minimum atomic E-state index is -3.65. The summed E-state index contributed by atoms with van der Waals surface area (Å²) in [5, 5.41) is 6.40. The number of rotatable bonds is 5. The van der Waals surface area contributed by atoms with Gasteiger partial charge < -0.3 is 0 Å². The molecule has 170 valence electrons. The average Bonchev–Trinajstić information content (AvgIpc) is 3.05. The van der Waals surface area contributed by atoms with Gasteiger partial charge in [-0.25, -0.2) is 13.8 Å². The number of sulfonamides is 1. The fourth-order valence-corrected chi connectivity index (χ4v) is 5.88. The van der Waals surface area contributed by atoms with Gasteiger partial charge in [0.1, 0.15) is 0 Å². The molecule has 1 N–H and O–H groups in total. The summed E-state index contributed by atoms with van der Waals surface area (Å²) < 4.78 is 27.7. The molecule has 4 aromatic rings. The molecule has 1 amide bonds. The highest BCUT2D eigenvalue weighted by atomic mass is 35.5. The lowest BCUT2D eigenvalue weighted by molar-refractivity contribution is 0.0955. The molecule has 0 bridgehead atoms. The molecule has 0 aliphatic carbocycles. The number of nitrogens with zero attached hydrogens (tertiary/aromatic N) is 2. The van der Waals surface area contributed by atoms with Gasteiger partial charge in [0, 0.05) is 10.9 Å². The number of halogens is 2. The minimum absolute atomic E-state index is 0.160. The lowest BCUT2D eigenvalue weighted by atomic mass is 10.1. The summed E-state index contributed by atoms with van der Waals surface area (Å²) in [6.45, 7) is 0.160. The van der Waals surface area contributed by atoms with Crippen molar-refractivity contribution in [2.75, 3.05) is 4.31 Å². The number of carbonyl (C=O) groups is 1. The molecule has 0 atom stereocenters. The summed E-state index contributed by atoms with van der Waals surface area (Å²) >= 11 is 11.9. The van der Waals surface area contributed by atoms with Gasteiger partial charge in [-0.05, 0) is 52.9 Å². The van der Waals surface area contributed by atoms with Gasteiger partial charge in [-0.2, -0.15) is 5.10 Å². The van der Waals surface area contributed by atoms with Crippen LogP contribution in [0.2, 0.25) is 10.0 Å². The summed E-state index contributed by atoms with van der Waals surface area (Å²) in [5.74, 6) is -0.395. The molecule has 0 unspecified atom stereocenters. The van der Waals surface area contributed by atoms with Gasteiger partial charge in [-0.1, -0.05) is 65.7 Å². The van der Waals surface area contributed by atoms with Gasteiger partial charge in [0.05, 0.1) is 33.4 Å². The molecule has 5 rings (SSSR count). The van der Waals surface area contributed by atoms with E-state index in [0.29, 0.717) is 31.8 Å². The van der Waals surface area contributed by atoms with Gasteiger partial charge in [-0.15, -0.1) is 0 Å². The Morgan fingerprint density at radius 2 is 1.68 bits per heavy atom. The van der Waals surface area contributed by atoms with E-state index in [0.717, 1.165) is 16.3 Å². The van der Waals surface area contributed by atoms with Crippen LogP contribution in [0.4, 0.5) is 5.69 Å². The molecule has 34 heavy (non-hydrogen) atoms. The second kappa shape index (κ2) is 8.76. The van der Waals surface area contributed by atoms with Crippen molar-refractivity contribution in [1.29, 1.82) is 0 Å². The number of nitrogens with one attached hydrogen (secondary N) is 1. The second-order valence-corrected chi connectivity index (χ2v) is 10.4. The average molecular weight is 510 g/mol. The maximum atomic E-state index is 13.1. The lowest BCUT2D eigenvalue weighted by Gasteiger charge is -2.19. The molecule has 0 spiro atoms. The smallest absolute Gasteiger partial charge is 0.267 e. The van der Waals surface area contributed by atoms with Crippen LogP contribution in [0.3, 0.4) is 0 Å². The normalized spacial score (nSPS) is 14.1. The Morgan fingerprint density at radius 1 is 0.941 bits per heavy atom. The Kier molecular flexibility index (Phi) is 5.77. The SMILES string of the molecule is O=C(N/N=C/c1ccc(Cl)c(Cl)c1)c1ccc(CN2c3cccc4cccc(c34)S2(=O)=O)cc1. The summed E-state index contributed by atoms with van der Waals surface area (Å²) in [6.07, 6.45) is 1.46. The molecule has 6 nitrogen and oxygen atoms in total. The molecule has 1 aliphatic rings. The first-order valence-electron chi connectivity index (χ1n) is 10.3. The first-order valence-corrected chi connectivity index (χ1v) is 12.5. The molecule has 0 radical (unpaired) electrons. The van der Waals surface area contributed by atoms with Crippen LogP contribution in [-0.2, 0) is 16.6 Å². The van der Waals surface area contributed by atoms with Crippen LogP contribution >= 0.6 is 23.2 Å². The van der Waals surface area contributed by atoms with E-state index in [1.165, 1.54) is 10.5 Å². The minimum Gasteiger partial charge on any atom is -0.267 e. The zero-order chi connectivity index (χ0) is 23.9. The summed E-state index contributed by atoms with van der Waals surface area (Å²) in [6, 6.07) is 22.6. The first kappa shape index (κ1) is 22.4. The van der Waals surface area contributed by atoms with Crippen LogP contribution < -0.4 is 9.73 Å². The molecule has 0 saturated carbocycles. The van der Waals surface area contributed by atoms with Gasteiger partial charge in [0.25, 0.3) is 15.9 Å². The maximum Gasteiger partial charge on any atom is 0.271 e. The number of benzene rings is 4. The maximum absolute atomic E-state index is 13.1. The number of carbonyl (C=O) groups excluding carboxylic acids is 1. The van der Waals surface area contributed by atoms with Crippen molar-refractivity contribution < 1.29 is 13.2 Å². The van der Waals surface area contributed by atoms with E-state index in [4.69, 9.17) is 23.2 Å². The third kappa shape index (κ3) is 4.03. The Morgan fingerprint density at radius 3 is 2.41 bits per heavy atom. The standard InChI is InChI=1S/C25H17Cl2N3O3S/c26-20-12-9-17(13-21(20)27)14-28-29-25(31)19-10-7-16(8-11-19)15-30-22-5-1-3-18-4-2-6-23(24(18)22)34(30,32)33/h1-14H,15H2,(H,29,31)/b28-14+. The van der Waals surface area contributed by atoms with Crippen LogP contribution in [0.15, 0.2) is 88.9 Å². The number of hydrazone groups is 1. The van der Waals surface area contributed by atoms with E-state index in [1.54, 1.807) is 54.6 Å². The van der Waals surface area contributed by atoms with Crippen LogP contribution in [0.25, 0.3) is 10.8 Å².